The molecule has 0 fully saturated rings. The van der Waals surface area contributed by atoms with Crippen LogP contribution in [0.1, 0.15) is 5.69 Å². The van der Waals surface area contributed by atoms with Gasteiger partial charge in [-0.25, -0.2) is 4.98 Å². The third-order valence-corrected chi connectivity index (χ3v) is 3.41. The number of anilines is 1. The maximum atomic E-state index is 12.4. The number of amides is 1. The molecular weight excluding hydrogens is 292 g/mol. The molecule has 0 radical (unpaired) electrons. The van der Waals surface area contributed by atoms with E-state index in [4.69, 9.17) is 0 Å². The summed E-state index contributed by atoms with van der Waals surface area (Å²) in [5.41, 5.74) is 2.07. The largest absolute Gasteiger partial charge is 0.395 e. The van der Waals surface area contributed by atoms with Gasteiger partial charge in [-0.05, 0) is 30.3 Å². The summed E-state index contributed by atoms with van der Waals surface area (Å²) in [4.78, 5) is 18.1. The van der Waals surface area contributed by atoms with Gasteiger partial charge in [0.25, 0.3) is 5.91 Å². The predicted octanol–water partition coefficient (Wildman–Crippen LogP) is 2.00. The van der Waals surface area contributed by atoms with Gasteiger partial charge in [0, 0.05) is 29.9 Å². The van der Waals surface area contributed by atoms with Crippen LogP contribution in [0.25, 0.3) is 17.1 Å². The molecule has 3 aromatic rings. The van der Waals surface area contributed by atoms with Gasteiger partial charge in [0.05, 0.1) is 12.3 Å². The van der Waals surface area contributed by atoms with Crippen molar-refractivity contribution in [2.75, 3.05) is 18.1 Å². The van der Waals surface area contributed by atoms with Crippen molar-refractivity contribution in [3.05, 3.63) is 60.4 Å². The van der Waals surface area contributed by atoms with Crippen LogP contribution in [0.5, 0.6) is 0 Å². The van der Waals surface area contributed by atoms with Crippen molar-refractivity contribution in [3.8, 4) is 0 Å². The number of H-pyrrole nitrogens is 1. The van der Waals surface area contributed by atoms with Gasteiger partial charge < -0.3 is 10.0 Å². The summed E-state index contributed by atoms with van der Waals surface area (Å²) in [5, 5.41) is 17.0. The standard InChI is InChI=1S/C17H16N4O2/c22-12-11-21(13-5-2-1-3-6-13)16(23)9-8-15-14-7-4-10-18-17(14)20-19-15/h1-10,22H,11-12H2,(H,18,19,20). The minimum absolute atomic E-state index is 0.106. The van der Waals surface area contributed by atoms with Crippen molar-refractivity contribution >= 4 is 28.7 Å². The van der Waals surface area contributed by atoms with Gasteiger partial charge in [-0.2, -0.15) is 5.10 Å². The molecule has 0 bridgehead atoms. The first-order chi connectivity index (χ1) is 11.3. The van der Waals surface area contributed by atoms with Crippen LogP contribution in [0, 0.1) is 0 Å². The Hall–Kier alpha value is -2.99. The van der Waals surface area contributed by atoms with Crippen LogP contribution in [0.15, 0.2) is 54.7 Å². The average Bonchev–Trinajstić information content (AvgIpc) is 3.01. The van der Waals surface area contributed by atoms with Crippen molar-refractivity contribution in [1.29, 1.82) is 0 Å². The highest BCUT2D eigenvalue weighted by Gasteiger charge is 2.12. The maximum absolute atomic E-state index is 12.4. The van der Waals surface area contributed by atoms with E-state index in [-0.39, 0.29) is 19.1 Å². The molecule has 0 aliphatic heterocycles. The molecule has 2 aromatic heterocycles. The number of carbonyl (C=O) groups excluding carboxylic acids is 1. The van der Waals surface area contributed by atoms with Gasteiger partial charge >= 0.3 is 0 Å². The molecule has 23 heavy (non-hydrogen) atoms. The Balaban J connectivity index is 1.84. The molecule has 2 N–H and O–H groups in total. The molecular formula is C17H16N4O2. The Morgan fingerprint density at radius 3 is 2.83 bits per heavy atom. The summed E-state index contributed by atoms with van der Waals surface area (Å²) in [6.07, 6.45) is 4.80. The first-order valence-corrected chi connectivity index (χ1v) is 7.24. The molecule has 1 aromatic carbocycles. The summed E-state index contributed by atoms with van der Waals surface area (Å²) >= 11 is 0. The van der Waals surface area contributed by atoms with E-state index in [1.807, 2.05) is 42.5 Å². The van der Waals surface area contributed by atoms with E-state index in [0.29, 0.717) is 5.65 Å². The van der Waals surface area contributed by atoms with Crippen molar-refractivity contribution in [1.82, 2.24) is 15.2 Å². The summed E-state index contributed by atoms with van der Waals surface area (Å²) in [6.45, 7) is 0.129. The van der Waals surface area contributed by atoms with Gasteiger partial charge in [0.1, 0.15) is 0 Å². The molecule has 1 amide bonds. The highest BCUT2D eigenvalue weighted by atomic mass is 16.3. The molecule has 0 aliphatic carbocycles. The molecule has 116 valence electrons. The molecule has 6 heteroatoms. The minimum Gasteiger partial charge on any atom is -0.395 e. The SMILES string of the molecule is O=C(C=Cc1[nH]nc2ncccc12)N(CCO)c1ccccc1. The van der Waals surface area contributed by atoms with Crippen molar-refractivity contribution < 1.29 is 9.90 Å². The number of nitrogens with zero attached hydrogens (tertiary/aromatic N) is 3. The predicted molar refractivity (Wildman–Crippen MR) is 88.8 cm³/mol. The fourth-order valence-corrected chi connectivity index (χ4v) is 2.32. The van der Waals surface area contributed by atoms with Gasteiger partial charge in [-0.3, -0.25) is 9.89 Å². The van der Waals surface area contributed by atoms with Crippen LogP contribution < -0.4 is 4.90 Å². The Morgan fingerprint density at radius 1 is 1.22 bits per heavy atom. The van der Waals surface area contributed by atoms with Gasteiger partial charge in [-0.1, -0.05) is 18.2 Å². The zero-order valence-corrected chi connectivity index (χ0v) is 12.4. The highest BCUT2D eigenvalue weighted by molar-refractivity contribution is 6.04. The first-order valence-electron chi connectivity index (χ1n) is 7.24. The van der Waals surface area contributed by atoms with Crippen molar-refractivity contribution in [2.45, 2.75) is 0 Å². The number of rotatable bonds is 5. The van der Waals surface area contributed by atoms with E-state index >= 15 is 0 Å². The Morgan fingerprint density at radius 2 is 2.04 bits per heavy atom. The molecule has 3 rings (SSSR count). The zero-order chi connectivity index (χ0) is 16.1. The second-order valence-electron chi connectivity index (χ2n) is 4.89. The zero-order valence-electron chi connectivity index (χ0n) is 12.4. The van der Waals surface area contributed by atoms with Gasteiger partial charge in [0.2, 0.25) is 0 Å². The number of pyridine rings is 1. The monoisotopic (exact) mass is 308 g/mol. The number of aromatic amines is 1. The quantitative estimate of drug-likeness (QED) is 0.706. The van der Waals surface area contributed by atoms with Crippen molar-refractivity contribution in [3.63, 3.8) is 0 Å². The second-order valence-corrected chi connectivity index (χ2v) is 4.89. The van der Waals surface area contributed by atoms with Crippen LogP contribution in [0.3, 0.4) is 0 Å². The van der Waals surface area contributed by atoms with E-state index < -0.39 is 0 Å². The van der Waals surface area contributed by atoms with Gasteiger partial charge in [-0.15, -0.1) is 0 Å². The lowest BCUT2D eigenvalue weighted by molar-refractivity contribution is -0.114. The number of aromatic nitrogens is 3. The number of hydrogen-bond acceptors (Lipinski definition) is 4. The molecule has 0 saturated heterocycles. The Kier molecular flexibility index (Phi) is 4.44. The maximum Gasteiger partial charge on any atom is 0.251 e. The molecule has 0 atom stereocenters. The lowest BCUT2D eigenvalue weighted by atomic mass is 10.2. The van der Waals surface area contributed by atoms with Crippen molar-refractivity contribution in [2.24, 2.45) is 0 Å². The molecule has 0 aliphatic rings. The van der Waals surface area contributed by atoms with Crippen LogP contribution >= 0.6 is 0 Å². The number of aliphatic hydroxyl groups is 1. The summed E-state index contributed by atoms with van der Waals surface area (Å²) in [5.74, 6) is -0.211. The number of hydrogen-bond donors (Lipinski definition) is 2. The van der Waals surface area contributed by atoms with E-state index in [1.54, 1.807) is 12.3 Å². The fourth-order valence-electron chi connectivity index (χ4n) is 2.32. The number of nitrogens with one attached hydrogen (secondary N) is 1. The number of carbonyl (C=O) groups is 1. The van der Waals surface area contributed by atoms with Gasteiger partial charge in [0.15, 0.2) is 5.65 Å². The summed E-state index contributed by atoms with van der Waals surface area (Å²) in [6, 6.07) is 13.0. The van der Waals surface area contributed by atoms with E-state index in [9.17, 15) is 9.90 Å². The Labute approximate surface area is 133 Å². The third-order valence-electron chi connectivity index (χ3n) is 3.41. The highest BCUT2D eigenvalue weighted by Crippen LogP contribution is 2.16. The number of para-hydroxylation sites is 1. The Bertz CT molecular complexity index is 827. The van der Waals surface area contributed by atoms with Crippen LogP contribution in [0.4, 0.5) is 5.69 Å². The topological polar surface area (TPSA) is 82.1 Å². The summed E-state index contributed by atoms with van der Waals surface area (Å²) < 4.78 is 0. The lowest BCUT2D eigenvalue weighted by Gasteiger charge is -2.20. The van der Waals surface area contributed by atoms with E-state index in [1.165, 1.54) is 11.0 Å². The number of benzene rings is 1. The van der Waals surface area contributed by atoms with Crippen LogP contribution in [-0.4, -0.2) is 39.3 Å². The van der Waals surface area contributed by atoms with E-state index in [0.717, 1.165) is 16.8 Å². The lowest BCUT2D eigenvalue weighted by Crippen LogP contribution is -2.32. The van der Waals surface area contributed by atoms with Crippen LogP contribution in [0.2, 0.25) is 0 Å². The minimum atomic E-state index is -0.211. The van der Waals surface area contributed by atoms with Crippen LogP contribution in [-0.2, 0) is 4.79 Å². The normalized spacial score (nSPS) is 11.2. The first kappa shape index (κ1) is 14.9. The summed E-state index contributed by atoms with van der Waals surface area (Å²) in [7, 11) is 0. The molecule has 0 saturated carbocycles. The second kappa shape index (κ2) is 6.85. The third kappa shape index (κ3) is 3.27. The smallest absolute Gasteiger partial charge is 0.251 e. The number of fused-ring (bicyclic) bond motifs is 1. The molecule has 0 spiro atoms. The van der Waals surface area contributed by atoms with E-state index in [2.05, 4.69) is 15.2 Å². The molecule has 2 heterocycles. The molecule has 0 unspecified atom stereocenters. The average molecular weight is 308 g/mol. The fraction of sp³-hybridized carbons (Fsp3) is 0.118. The number of aliphatic hydroxyl groups excluding tert-OH is 1. The molecule has 6 nitrogen and oxygen atoms in total.